The molecule has 0 fully saturated rings. The van der Waals surface area contributed by atoms with E-state index in [4.69, 9.17) is 21.7 Å². The maximum absolute atomic E-state index is 9.35. The van der Waals surface area contributed by atoms with E-state index in [1.807, 2.05) is 0 Å². The summed E-state index contributed by atoms with van der Waals surface area (Å²) in [5.41, 5.74) is 0.631. The van der Waals surface area contributed by atoms with Gasteiger partial charge in [0.05, 0.1) is 12.8 Å². The topological polar surface area (TPSA) is 65.3 Å². The van der Waals surface area contributed by atoms with Crippen LogP contribution in [0.3, 0.4) is 0 Å². The predicted octanol–water partition coefficient (Wildman–Crippen LogP) is 1.66. The van der Waals surface area contributed by atoms with Crippen LogP contribution in [0.25, 0.3) is 0 Å². The number of hydrogen-bond donors (Lipinski definition) is 3. The lowest BCUT2D eigenvalue weighted by Gasteiger charge is -2.14. The van der Waals surface area contributed by atoms with Crippen molar-refractivity contribution in [2.24, 2.45) is 0 Å². The summed E-state index contributed by atoms with van der Waals surface area (Å²) in [5, 5.41) is 20.0. The summed E-state index contributed by atoms with van der Waals surface area (Å²) in [5.74, 6) is 0.228. The molecule has 1 rings (SSSR count). The minimum Gasteiger partial charge on any atom is -0.504 e. The average Bonchev–Trinajstić information content (AvgIpc) is 2.17. The molecule has 5 heteroatoms. The van der Waals surface area contributed by atoms with Crippen LogP contribution in [-0.4, -0.2) is 25.0 Å². The maximum Gasteiger partial charge on any atom is 0.161 e. The summed E-state index contributed by atoms with van der Waals surface area (Å²) >= 11 is 5.83. The van der Waals surface area contributed by atoms with Gasteiger partial charge in [-0.05, 0) is 6.08 Å². The van der Waals surface area contributed by atoms with Gasteiger partial charge in [0.1, 0.15) is 5.16 Å². The summed E-state index contributed by atoms with van der Waals surface area (Å²) in [6, 6.07) is 0. The standard InChI is InChI=1S/C9H11ClN2O2/c1-12-9(10)5-3-8(14-2)7(13)4-6(5)11/h3-4,11-13H,1-2H3/b9-5-,11-6?. The molecule has 0 aliphatic heterocycles. The first-order valence-corrected chi connectivity index (χ1v) is 4.31. The van der Waals surface area contributed by atoms with Crippen LogP contribution in [0.15, 0.2) is 34.4 Å². The van der Waals surface area contributed by atoms with E-state index in [9.17, 15) is 5.11 Å². The second-order valence-corrected chi connectivity index (χ2v) is 3.01. The predicted molar refractivity (Wildman–Crippen MR) is 55.5 cm³/mol. The largest absolute Gasteiger partial charge is 0.504 e. The van der Waals surface area contributed by atoms with Crippen molar-refractivity contribution >= 4 is 17.3 Å². The molecule has 0 unspecified atom stereocenters. The number of methoxy groups -OCH3 is 1. The van der Waals surface area contributed by atoms with E-state index in [1.165, 1.54) is 19.3 Å². The number of nitrogens with one attached hydrogen (secondary N) is 2. The van der Waals surface area contributed by atoms with Crippen LogP contribution in [-0.2, 0) is 4.74 Å². The zero-order chi connectivity index (χ0) is 10.7. The lowest BCUT2D eigenvalue weighted by Crippen LogP contribution is -2.13. The normalized spacial score (nSPS) is 19.8. The molecule has 14 heavy (non-hydrogen) atoms. The lowest BCUT2D eigenvalue weighted by molar-refractivity contribution is 0.256. The highest BCUT2D eigenvalue weighted by Crippen LogP contribution is 2.21. The van der Waals surface area contributed by atoms with E-state index >= 15 is 0 Å². The van der Waals surface area contributed by atoms with Crippen molar-refractivity contribution in [3.05, 3.63) is 34.4 Å². The molecule has 0 spiro atoms. The van der Waals surface area contributed by atoms with Crippen LogP contribution < -0.4 is 5.32 Å². The van der Waals surface area contributed by atoms with Gasteiger partial charge in [-0.25, -0.2) is 0 Å². The molecular weight excluding hydrogens is 204 g/mol. The highest BCUT2D eigenvalue weighted by molar-refractivity contribution is 6.33. The highest BCUT2D eigenvalue weighted by atomic mass is 35.5. The Morgan fingerprint density at radius 1 is 1.57 bits per heavy atom. The number of aliphatic hydroxyl groups is 1. The molecule has 0 saturated heterocycles. The average molecular weight is 215 g/mol. The number of aliphatic hydroxyl groups excluding tert-OH is 1. The van der Waals surface area contributed by atoms with Gasteiger partial charge in [-0.1, -0.05) is 11.6 Å². The highest BCUT2D eigenvalue weighted by Gasteiger charge is 2.17. The monoisotopic (exact) mass is 214 g/mol. The van der Waals surface area contributed by atoms with Gasteiger partial charge >= 0.3 is 0 Å². The molecule has 0 atom stereocenters. The second kappa shape index (κ2) is 4.19. The summed E-state index contributed by atoms with van der Waals surface area (Å²) in [4.78, 5) is 0. The molecule has 0 amide bonds. The number of hydrogen-bond acceptors (Lipinski definition) is 4. The Hall–Kier alpha value is -1.42. The van der Waals surface area contributed by atoms with Crippen molar-refractivity contribution in [2.45, 2.75) is 0 Å². The Morgan fingerprint density at radius 3 is 2.71 bits per heavy atom. The third-order valence-electron chi connectivity index (χ3n) is 1.77. The van der Waals surface area contributed by atoms with Crippen LogP contribution in [0.2, 0.25) is 0 Å². The Kier molecular flexibility index (Phi) is 3.19. The van der Waals surface area contributed by atoms with Crippen LogP contribution >= 0.6 is 11.6 Å². The van der Waals surface area contributed by atoms with Crippen LogP contribution in [0.4, 0.5) is 0 Å². The summed E-state index contributed by atoms with van der Waals surface area (Å²) < 4.78 is 4.90. The van der Waals surface area contributed by atoms with Gasteiger partial charge in [-0.15, -0.1) is 0 Å². The minimum atomic E-state index is -0.0678. The van der Waals surface area contributed by atoms with Crippen LogP contribution in [0.1, 0.15) is 0 Å². The fraction of sp³-hybridized carbons (Fsp3) is 0.222. The molecule has 1 aliphatic carbocycles. The Balaban J connectivity index is 3.15. The van der Waals surface area contributed by atoms with Crippen molar-refractivity contribution in [2.75, 3.05) is 14.2 Å². The van der Waals surface area contributed by atoms with Crippen LogP contribution in [0, 0.1) is 5.41 Å². The zero-order valence-electron chi connectivity index (χ0n) is 7.89. The van der Waals surface area contributed by atoms with E-state index in [0.29, 0.717) is 16.5 Å². The van der Waals surface area contributed by atoms with Crippen molar-refractivity contribution in [1.29, 1.82) is 5.41 Å². The summed E-state index contributed by atoms with van der Waals surface area (Å²) in [6.45, 7) is 0. The smallest absolute Gasteiger partial charge is 0.161 e. The quantitative estimate of drug-likeness (QED) is 0.613. The number of ether oxygens (including phenoxy) is 1. The minimum absolute atomic E-state index is 0.0678. The lowest BCUT2D eigenvalue weighted by atomic mass is 10.0. The van der Waals surface area contributed by atoms with Crippen molar-refractivity contribution in [3.8, 4) is 0 Å². The number of rotatable bonds is 2. The first-order valence-electron chi connectivity index (χ1n) is 3.93. The third kappa shape index (κ3) is 1.90. The van der Waals surface area contributed by atoms with Gasteiger partial charge in [-0.3, -0.25) is 0 Å². The van der Waals surface area contributed by atoms with E-state index in [0.717, 1.165) is 0 Å². The second-order valence-electron chi connectivity index (χ2n) is 2.63. The Morgan fingerprint density at radius 2 is 2.21 bits per heavy atom. The first-order chi connectivity index (χ1) is 6.60. The Bertz CT molecular complexity index is 356. The van der Waals surface area contributed by atoms with Gasteiger partial charge in [0.2, 0.25) is 0 Å². The molecule has 1 aliphatic rings. The molecule has 0 heterocycles. The van der Waals surface area contributed by atoms with Gasteiger partial charge in [0.15, 0.2) is 11.5 Å². The van der Waals surface area contributed by atoms with E-state index in [2.05, 4.69) is 5.32 Å². The van der Waals surface area contributed by atoms with Crippen molar-refractivity contribution < 1.29 is 9.84 Å². The van der Waals surface area contributed by atoms with Crippen LogP contribution in [0.5, 0.6) is 0 Å². The van der Waals surface area contributed by atoms with Crippen molar-refractivity contribution in [3.63, 3.8) is 0 Å². The van der Waals surface area contributed by atoms with Gasteiger partial charge < -0.3 is 20.6 Å². The molecule has 3 N–H and O–H groups in total. The molecule has 0 aromatic heterocycles. The molecule has 0 radical (unpaired) electrons. The zero-order valence-corrected chi connectivity index (χ0v) is 8.64. The fourth-order valence-electron chi connectivity index (χ4n) is 1.05. The molecule has 76 valence electrons. The van der Waals surface area contributed by atoms with Gasteiger partial charge in [0.25, 0.3) is 0 Å². The van der Waals surface area contributed by atoms with Gasteiger partial charge in [0, 0.05) is 18.7 Å². The molecule has 4 nitrogen and oxygen atoms in total. The Labute approximate surface area is 87.0 Å². The maximum atomic E-state index is 9.35. The number of allylic oxidation sites excluding steroid dienone is 3. The van der Waals surface area contributed by atoms with Gasteiger partial charge in [-0.2, -0.15) is 0 Å². The molecule has 0 aromatic carbocycles. The summed E-state index contributed by atoms with van der Waals surface area (Å²) in [7, 11) is 3.09. The van der Waals surface area contributed by atoms with Crippen molar-refractivity contribution in [1.82, 2.24) is 5.32 Å². The summed E-state index contributed by atoms with van der Waals surface area (Å²) in [6.07, 6.45) is 2.80. The fourth-order valence-corrected chi connectivity index (χ4v) is 1.20. The first kappa shape index (κ1) is 10.7. The van der Waals surface area contributed by atoms with E-state index in [1.54, 1.807) is 7.05 Å². The molecule has 0 bridgehead atoms. The molecular formula is C9H11ClN2O2. The number of halogens is 1. The molecule has 0 saturated carbocycles. The van der Waals surface area contributed by atoms with E-state index < -0.39 is 0 Å². The van der Waals surface area contributed by atoms with E-state index in [-0.39, 0.29) is 11.5 Å². The third-order valence-corrected chi connectivity index (χ3v) is 2.17. The molecule has 0 aromatic rings. The SMILES string of the molecule is CN/C(Cl)=C1/C=C(OC)C(O)=CC1=N.